The molecule has 68 valence electrons. The van der Waals surface area contributed by atoms with Crippen LogP contribution in [-0.2, 0) is 6.54 Å². The van der Waals surface area contributed by atoms with Gasteiger partial charge in [-0.3, -0.25) is 4.57 Å². The fourth-order valence-corrected chi connectivity index (χ4v) is 1.86. The number of hydrogen-bond donors (Lipinski definition) is 1. The van der Waals surface area contributed by atoms with Crippen LogP contribution in [0, 0.1) is 6.92 Å². The minimum Gasteiger partial charge on any atom is -0.313 e. The average Bonchev–Trinajstić information content (AvgIpc) is 2.64. The number of rotatable bonds is 2. The van der Waals surface area contributed by atoms with Gasteiger partial charge in [0.05, 0.1) is 6.54 Å². The van der Waals surface area contributed by atoms with E-state index in [0.717, 1.165) is 10.7 Å². The highest BCUT2D eigenvalue weighted by Crippen LogP contribution is 2.08. The third-order valence-electron chi connectivity index (χ3n) is 1.69. The van der Waals surface area contributed by atoms with Gasteiger partial charge < -0.3 is 4.98 Å². The second-order valence-corrected chi connectivity index (χ2v) is 3.72. The SMILES string of the molecule is Cc1csc(Cn2cc[nH]c2=O)n1. The van der Waals surface area contributed by atoms with Crippen LogP contribution in [0.5, 0.6) is 0 Å². The topological polar surface area (TPSA) is 50.7 Å². The standard InChI is InChI=1S/C8H9N3OS/c1-6-5-13-7(10-6)4-11-3-2-9-8(11)12/h2-3,5H,4H2,1H3,(H,9,12). The predicted octanol–water partition coefficient (Wildman–Crippen LogP) is 0.990. The second kappa shape index (κ2) is 3.18. The first kappa shape index (κ1) is 8.25. The Labute approximate surface area is 78.9 Å². The van der Waals surface area contributed by atoms with Gasteiger partial charge in [0.25, 0.3) is 0 Å². The molecule has 0 spiro atoms. The zero-order valence-corrected chi connectivity index (χ0v) is 7.97. The van der Waals surface area contributed by atoms with Gasteiger partial charge in [-0.05, 0) is 6.92 Å². The van der Waals surface area contributed by atoms with E-state index in [1.54, 1.807) is 28.3 Å². The summed E-state index contributed by atoms with van der Waals surface area (Å²) in [4.78, 5) is 18.0. The number of nitrogens with zero attached hydrogens (tertiary/aromatic N) is 2. The van der Waals surface area contributed by atoms with Gasteiger partial charge in [-0.2, -0.15) is 0 Å². The van der Waals surface area contributed by atoms with Gasteiger partial charge in [0, 0.05) is 23.5 Å². The molecule has 0 fully saturated rings. The van der Waals surface area contributed by atoms with Crippen LogP contribution < -0.4 is 5.69 Å². The van der Waals surface area contributed by atoms with Crippen LogP contribution in [0.4, 0.5) is 0 Å². The largest absolute Gasteiger partial charge is 0.325 e. The molecule has 0 aliphatic heterocycles. The van der Waals surface area contributed by atoms with Gasteiger partial charge in [0.15, 0.2) is 0 Å². The molecule has 2 aromatic heterocycles. The number of aromatic amines is 1. The molecular weight excluding hydrogens is 186 g/mol. The van der Waals surface area contributed by atoms with Crippen LogP contribution in [0.2, 0.25) is 0 Å². The molecule has 1 N–H and O–H groups in total. The Hall–Kier alpha value is -1.36. The van der Waals surface area contributed by atoms with E-state index in [0.29, 0.717) is 6.54 Å². The predicted molar refractivity (Wildman–Crippen MR) is 51.0 cm³/mol. The van der Waals surface area contributed by atoms with E-state index in [1.165, 1.54) is 0 Å². The summed E-state index contributed by atoms with van der Waals surface area (Å²) in [5.41, 5.74) is 0.913. The minimum atomic E-state index is -0.0900. The van der Waals surface area contributed by atoms with Gasteiger partial charge >= 0.3 is 5.69 Å². The number of aryl methyl sites for hydroxylation is 1. The number of aromatic nitrogens is 3. The van der Waals surface area contributed by atoms with Crippen molar-refractivity contribution >= 4 is 11.3 Å². The van der Waals surface area contributed by atoms with Crippen molar-refractivity contribution in [3.8, 4) is 0 Å². The first-order chi connectivity index (χ1) is 6.25. The third kappa shape index (κ3) is 1.70. The van der Waals surface area contributed by atoms with Gasteiger partial charge in [0.1, 0.15) is 5.01 Å². The molecule has 0 aliphatic carbocycles. The summed E-state index contributed by atoms with van der Waals surface area (Å²) >= 11 is 1.57. The van der Waals surface area contributed by atoms with Crippen molar-refractivity contribution in [2.24, 2.45) is 0 Å². The second-order valence-electron chi connectivity index (χ2n) is 2.78. The maximum absolute atomic E-state index is 11.1. The first-order valence-electron chi connectivity index (χ1n) is 3.90. The highest BCUT2D eigenvalue weighted by Gasteiger charge is 2.01. The van der Waals surface area contributed by atoms with E-state index in [9.17, 15) is 4.79 Å². The Bertz CT molecular complexity index is 454. The van der Waals surface area contributed by atoms with E-state index in [2.05, 4.69) is 9.97 Å². The van der Waals surface area contributed by atoms with Crippen LogP contribution in [0.1, 0.15) is 10.7 Å². The van der Waals surface area contributed by atoms with Crippen molar-refractivity contribution in [2.45, 2.75) is 13.5 Å². The zero-order chi connectivity index (χ0) is 9.26. The summed E-state index contributed by atoms with van der Waals surface area (Å²) in [6, 6.07) is 0. The van der Waals surface area contributed by atoms with Gasteiger partial charge in [0.2, 0.25) is 0 Å². The molecule has 0 atom stereocenters. The van der Waals surface area contributed by atoms with Crippen molar-refractivity contribution in [1.82, 2.24) is 14.5 Å². The highest BCUT2D eigenvalue weighted by molar-refractivity contribution is 7.09. The molecule has 5 heteroatoms. The quantitative estimate of drug-likeness (QED) is 0.776. The van der Waals surface area contributed by atoms with Gasteiger partial charge in [-0.25, -0.2) is 9.78 Å². The fraction of sp³-hybridized carbons (Fsp3) is 0.250. The maximum atomic E-state index is 11.1. The lowest BCUT2D eigenvalue weighted by molar-refractivity contribution is 0.754. The number of nitrogens with one attached hydrogen (secondary N) is 1. The smallest absolute Gasteiger partial charge is 0.313 e. The van der Waals surface area contributed by atoms with Crippen LogP contribution in [0.25, 0.3) is 0 Å². The molecule has 13 heavy (non-hydrogen) atoms. The molecule has 0 aliphatic rings. The Morgan fingerprint density at radius 3 is 3.08 bits per heavy atom. The Kier molecular flexibility index (Phi) is 2.02. The molecule has 2 heterocycles. The maximum Gasteiger partial charge on any atom is 0.325 e. The fourth-order valence-electron chi connectivity index (χ4n) is 1.09. The third-order valence-corrected chi connectivity index (χ3v) is 2.65. The lowest BCUT2D eigenvalue weighted by Crippen LogP contribution is -2.16. The van der Waals surface area contributed by atoms with Crippen molar-refractivity contribution in [3.63, 3.8) is 0 Å². The molecule has 2 aromatic rings. The van der Waals surface area contributed by atoms with Crippen LogP contribution in [0.3, 0.4) is 0 Å². The summed E-state index contributed by atoms with van der Waals surface area (Å²) in [7, 11) is 0. The van der Waals surface area contributed by atoms with E-state index in [1.807, 2.05) is 12.3 Å². The van der Waals surface area contributed by atoms with Crippen molar-refractivity contribution in [1.29, 1.82) is 0 Å². The normalized spacial score (nSPS) is 10.5. The monoisotopic (exact) mass is 195 g/mol. The summed E-state index contributed by atoms with van der Waals surface area (Å²) < 4.78 is 1.60. The summed E-state index contributed by atoms with van der Waals surface area (Å²) in [6.45, 7) is 2.50. The highest BCUT2D eigenvalue weighted by atomic mass is 32.1. The average molecular weight is 195 g/mol. The lowest BCUT2D eigenvalue weighted by Gasteiger charge is -1.94. The number of hydrogen-bond acceptors (Lipinski definition) is 3. The van der Waals surface area contributed by atoms with E-state index in [4.69, 9.17) is 0 Å². The summed E-state index contributed by atoms with van der Waals surface area (Å²) in [5, 5.41) is 2.94. The van der Waals surface area contributed by atoms with Crippen LogP contribution in [0.15, 0.2) is 22.6 Å². The molecule has 0 saturated carbocycles. The van der Waals surface area contributed by atoms with Crippen molar-refractivity contribution in [2.75, 3.05) is 0 Å². The number of thiazole rings is 1. The van der Waals surface area contributed by atoms with E-state index in [-0.39, 0.29) is 5.69 Å². The Morgan fingerprint density at radius 1 is 1.69 bits per heavy atom. The molecule has 0 amide bonds. The van der Waals surface area contributed by atoms with Crippen molar-refractivity contribution < 1.29 is 0 Å². The molecule has 0 unspecified atom stereocenters. The van der Waals surface area contributed by atoms with Gasteiger partial charge in [-0.1, -0.05) is 0 Å². The zero-order valence-electron chi connectivity index (χ0n) is 7.15. The van der Waals surface area contributed by atoms with Crippen LogP contribution in [-0.4, -0.2) is 14.5 Å². The first-order valence-corrected chi connectivity index (χ1v) is 4.78. The van der Waals surface area contributed by atoms with Crippen molar-refractivity contribution in [3.05, 3.63) is 39.0 Å². The molecule has 4 nitrogen and oxygen atoms in total. The van der Waals surface area contributed by atoms with E-state index < -0.39 is 0 Å². The lowest BCUT2D eigenvalue weighted by atomic mass is 10.6. The van der Waals surface area contributed by atoms with Crippen LogP contribution >= 0.6 is 11.3 Å². The minimum absolute atomic E-state index is 0.0900. The Balaban J connectivity index is 2.24. The molecule has 2 rings (SSSR count). The molecule has 0 radical (unpaired) electrons. The number of H-pyrrole nitrogens is 1. The van der Waals surface area contributed by atoms with Gasteiger partial charge in [-0.15, -0.1) is 11.3 Å². The molecular formula is C8H9N3OS. The summed E-state index contributed by atoms with van der Waals surface area (Å²) in [5.74, 6) is 0. The molecule has 0 bridgehead atoms. The number of imidazole rings is 1. The molecule has 0 aromatic carbocycles. The van der Waals surface area contributed by atoms with E-state index >= 15 is 0 Å². The Morgan fingerprint density at radius 2 is 2.54 bits per heavy atom. The summed E-state index contributed by atoms with van der Waals surface area (Å²) in [6.07, 6.45) is 3.35. The molecule has 0 saturated heterocycles.